The van der Waals surface area contributed by atoms with Crippen LogP contribution in [0, 0.1) is 0 Å². The fourth-order valence-corrected chi connectivity index (χ4v) is 1.23. The van der Waals surface area contributed by atoms with Gasteiger partial charge in [0.2, 0.25) is 0 Å². The molecule has 5 heteroatoms. The molecular formula is C9H14ClN3O. The molecule has 1 aromatic heterocycles. The quantitative estimate of drug-likeness (QED) is 0.666. The fourth-order valence-electron chi connectivity index (χ4n) is 1.02. The first-order chi connectivity index (χ1) is 6.58. The van der Waals surface area contributed by atoms with Crippen LogP contribution in [0.2, 0.25) is 5.15 Å². The van der Waals surface area contributed by atoms with E-state index < -0.39 is 0 Å². The summed E-state index contributed by atoms with van der Waals surface area (Å²) in [6.45, 7) is 2.38. The first-order valence-electron chi connectivity index (χ1n) is 4.43. The van der Waals surface area contributed by atoms with E-state index in [9.17, 15) is 0 Å². The highest BCUT2D eigenvalue weighted by Gasteiger charge is 1.99. The standard InChI is InChI=1S/C9H14ClN3O/c1-6(14)2-3-12-9-5-7(11)4-8(10)13-9/h4-6,14H,2-3H2,1H3,(H3,11,12,13). The first kappa shape index (κ1) is 11.1. The van der Waals surface area contributed by atoms with Gasteiger partial charge in [-0.3, -0.25) is 0 Å². The zero-order valence-corrected chi connectivity index (χ0v) is 8.75. The zero-order chi connectivity index (χ0) is 10.6. The molecule has 0 amide bonds. The lowest BCUT2D eigenvalue weighted by Crippen LogP contribution is -2.10. The van der Waals surface area contributed by atoms with Crippen molar-refractivity contribution >= 4 is 23.1 Å². The van der Waals surface area contributed by atoms with Crippen LogP contribution in [-0.2, 0) is 0 Å². The van der Waals surface area contributed by atoms with Crippen LogP contribution in [0.3, 0.4) is 0 Å². The Morgan fingerprint density at radius 1 is 1.64 bits per heavy atom. The smallest absolute Gasteiger partial charge is 0.133 e. The van der Waals surface area contributed by atoms with E-state index in [0.717, 1.165) is 0 Å². The number of hydrogen-bond donors (Lipinski definition) is 3. The topological polar surface area (TPSA) is 71.2 Å². The average Bonchev–Trinajstić information content (AvgIpc) is 2.01. The SMILES string of the molecule is CC(O)CCNc1cc(N)cc(Cl)n1. The van der Waals surface area contributed by atoms with Gasteiger partial charge >= 0.3 is 0 Å². The summed E-state index contributed by atoms with van der Waals surface area (Å²) in [5, 5.41) is 12.4. The van der Waals surface area contributed by atoms with Crippen molar-refractivity contribution < 1.29 is 5.11 Å². The van der Waals surface area contributed by atoms with Crippen molar-refractivity contribution in [1.82, 2.24) is 4.98 Å². The molecule has 1 atom stereocenters. The number of pyridine rings is 1. The maximum atomic E-state index is 9.03. The van der Waals surface area contributed by atoms with Gasteiger partial charge in [-0.1, -0.05) is 11.6 Å². The molecule has 0 aliphatic heterocycles. The van der Waals surface area contributed by atoms with Crippen LogP contribution in [0.5, 0.6) is 0 Å². The van der Waals surface area contributed by atoms with Crippen LogP contribution in [0.25, 0.3) is 0 Å². The average molecular weight is 216 g/mol. The summed E-state index contributed by atoms with van der Waals surface area (Å²) in [4.78, 5) is 4.02. The highest BCUT2D eigenvalue weighted by molar-refractivity contribution is 6.29. The Kier molecular flexibility index (Phi) is 3.98. The van der Waals surface area contributed by atoms with Gasteiger partial charge in [-0.05, 0) is 19.4 Å². The number of aromatic nitrogens is 1. The van der Waals surface area contributed by atoms with Crippen molar-refractivity contribution in [3.63, 3.8) is 0 Å². The number of anilines is 2. The van der Waals surface area contributed by atoms with Crippen LogP contribution in [0.4, 0.5) is 11.5 Å². The van der Waals surface area contributed by atoms with Crippen molar-refractivity contribution in [2.75, 3.05) is 17.6 Å². The van der Waals surface area contributed by atoms with Gasteiger partial charge in [0.1, 0.15) is 11.0 Å². The minimum absolute atomic E-state index is 0.320. The number of nitrogens with zero attached hydrogens (tertiary/aromatic N) is 1. The molecular weight excluding hydrogens is 202 g/mol. The molecule has 1 unspecified atom stereocenters. The monoisotopic (exact) mass is 215 g/mol. The van der Waals surface area contributed by atoms with E-state index in [-0.39, 0.29) is 6.10 Å². The van der Waals surface area contributed by atoms with Gasteiger partial charge in [0.15, 0.2) is 0 Å². The Hall–Kier alpha value is -1.00. The van der Waals surface area contributed by atoms with Crippen LogP contribution >= 0.6 is 11.6 Å². The largest absolute Gasteiger partial charge is 0.399 e. The summed E-state index contributed by atoms with van der Waals surface area (Å²) in [5.74, 6) is 0.635. The molecule has 0 bridgehead atoms. The van der Waals surface area contributed by atoms with Crippen LogP contribution < -0.4 is 11.1 Å². The van der Waals surface area contributed by atoms with Crippen molar-refractivity contribution in [2.45, 2.75) is 19.4 Å². The highest BCUT2D eigenvalue weighted by Crippen LogP contribution is 2.15. The Labute approximate surface area is 88.1 Å². The van der Waals surface area contributed by atoms with E-state index in [4.69, 9.17) is 22.4 Å². The molecule has 0 aliphatic rings. The molecule has 1 heterocycles. The number of nitrogens with two attached hydrogens (primary N) is 1. The Bertz CT molecular complexity index is 284. The summed E-state index contributed by atoms with van der Waals surface area (Å²) in [6.07, 6.45) is 0.340. The van der Waals surface area contributed by atoms with Gasteiger partial charge in [0.25, 0.3) is 0 Å². The summed E-state index contributed by atoms with van der Waals surface area (Å²) >= 11 is 5.71. The first-order valence-corrected chi connectivity index (χ1v) is 4.80. The molecule has 14 heavy (non-hydrogen) atoms. The van der Waals surface area contributed by atoms with Crippen LogP contribution in [0.15, 0.2) is 12.1 Å². The number of nitrogens with one attached hydrogen (secondary N) is 1. The summed E-state index contributed by atoms with van der Waals surface area (Å²) in [7, 11) is 0. The van der Waals surface area contributed by atoms with E-state index in [0.29, 0.717) is 29.6 Å². The van der Waals surface area contributed by atoms with Gasteiger partial charge in [-0.15, -0.1) is 0 Å². The molecule has 0 fully saturated rings. The Morgan fingerprint density at radius 3 is 2.93 bits per heavy atom. The van der Waals surface area contributed by atoms with E-state index in [2.05, 4.69) is 10.3 Å². The normalized spacial score (nSPS) is 12.5. The molecule has 0 aliphatic carbocycles. The van der Waals surface area contributed by atoms with E-state index >= 15 is 0 Å². The minimum atomic E-state index is -0.320. The lowest BCUT2D eigenvalue weighted by Gasteiger charge is -2.07. The molecule has 4 nitrogen and oxygen atoms in total. The number of rotatable bonds is 4. The predicted molar refractivity (Wildman–Crippen MR) is 58.4 cm³/mol. The zero-order valence-electron chi connectivity index (χ0n) is 8.00. The second kappa shape index (κ2) is 5.02. The van der Waals surface area contributed by atoms with Gasteiger partial charge in [-0.2, -0.15) is 0 Å². The predicted octanol–water partition coefficient (Wildman–Crippen LogP) is 1.50. The van der Waals surface area contributed by atoms with E-state index in [1.807, 2.05) is 0 Å². The van der Waals surface area contributed by atoms with Crippen molar-refractivity contribution in [1.29, 1.82) is 0 Å². The fraction of sp³-hybridized carbons (Fsp3) is 0.444. The second-order valence-corrected chi connectivity index (χ2v) is 3.56. The molecule has 0 saturated carbocycles. The molecule has 1 rings (SSSR count). The number of aliphatic hydroxyl groups is 1. The molecule has 1 aromatic rings. The summed E-state index contributed by atoms with van der Waals surface area (Å²) in [5.41, 5.74) is 6.15. The third-order valence-corrected chi connectivity index (χ3v) is 1.88. The lowest BCUT2D eigenvalue weighted by atomic mass is 10.3. The molecule has 0 saturated heterocycles. The van der Waals surface area contributed by atoms with Crippen molar-refractivity contribution in [2.24, 2.45) is 0 Å². The van der Waals surface area contributed by atoms with E-state index in [1.165, 1.54) is 0 Å². The van der Waals surface area contributed by atoms with Gasteiger partial charge < -0.3 is 16.2 Å². The van der Waals surface area contributed by atoms with Gasteiger partial charge in [0, 0.05) is 18.3 Å². The third kappa shape index (κ3) is 3.81. The maximum absolute atomic E-state index is 9.03. The van der Waals surface area contributed by atoms with Crippen molar-refractivity contribution in [3.8, 4) is 0 Å². The van der Waals surface area contributed by atoms with Crippen molar-refractivity contribution in [3.05, 3.63) is 17.3 Å². The number of aliphatic hydroxyl groups excluding tert-OH is 1. The summed E-state index contributed by atoms with van der Waals surface area (Å²) in [6, 6.07) is 3.29. The minimum Gasteiger partial charge on any atom is -0.399 e. The molecule has 4 N–H and O–H groups in total. The van der Waals surface area contributed by atoms with Gasteiger partial charge in [-0.25, -0.2) is 4.98 Å². The third-order valence-electron chi connectivity index (χ3n) is 1.68. The van der Waals surface area contributed by atoms with Gasteiger partial charge in [0.05, 0.1) is 6.10 Å². The number of hydrogen-bond acceptors (Lipinski definition) is 4. The highest BCUT2D eigenvalue weighted by atomic mass is 35.5. The van der Waals surface area contributed by atoms with E-state index in [1.54, 1.807) is 19.1 Å². The maximum Gasteiger partial charge on any atom is 0.133 e. The summed E-state index contributed by atoms with van der Waals surface area (Å²) < 4.78 is 0. The number of nitrogen functional groups attached to an aromatic ring is 1. The molecule has 0 spiro atoms. The lowest BCUT2D eigenvalue weighted by molar-refractivity contribution is 0.188. The Morgan fingerprint density at radius 2 is 2.36 bits per heavy atom. The molecule has 0 radical (unpaired) electrons. The number of halogens is 1. The second-order valence-electron chi connectivity index (χ2n) is 3.17. The van der Waals surface area contributed by atoms with Crippen LogP contribution in [-0.4, -0.2) is 22.7 Å². The molecule has 78 valence electrons. The van der Waals surface area contributed by atoms with Crippen LogP contribution in [0.1, 0.15) is 13.3 Å². The Balaban J connectivity index is 2.50. The molecule has 0 aromatic carbocycles.